The Morgan fingerprint density at radius 1 is 1.39 bits per heavy atom. The van der Waals surface area contributed by atoms with Crippen molar-refractivity contribution in [2.75, 3.05) is 19.0 Å². The van der Waals surface area contributed by atoms with E-state index in [1.165, 1.54) is 5.56 Å². The number of hydrogen-bond acceptors (Lipinski definition) is 3. The number of nitrogens with one attached hydrogen (secondary N) is 1. The molecule has 0 bridgehead atoms. The quantitative estimate of drug-likeness (QED) is 0.833. The summed E-state index contributed by atoms with van der Waals surface area (Å²) >= 11 is 5.68. The molecule has 18 heavy (non-hydrogen) atoms. The summed E-state index contributed by atoms with van der Waals surface area (Å²) in [7, 11) is 0. The predicted molar refractivity (Wildman–Crippen MR) is 69.8 cm³/mol. The molecule has 2 heterocycles. The molecule has 2 aliphatic heterocycles. The fraction of sp³-hybridized carbons (Fsp3) is 0.500. The first-order valence-electron chi connectivity index (χ1n) is 6.33. The third kappa shape index (κ3) is 1.78. The van der Waals surface area contributed by atoms with Crippen molar-refractivity contribution < 1.29 is 9.53 Å². The van der Waals surface area contributed by atoms with Crippen LogP contribution in [0.2, 0.25) is 0 Å². The minimum absolute atomic E-state index is 0.00727. The lowest BCUT2D eigenvalue weighted by Crippen LogP contribution is -2.40. The highest BCUT2D eigenvalue weighted by molar-refractivity contribution is 6.28. The van der Waals surface area contributed by atoms with Crippen molar-refractivity contribution in [1.82, 2.24) is 5.32 Å². The van der Waals surface area contributed by atoms with E-state index in [1.54, 1.807) is 0 Å². The number of benzene rings is 1. The van der Waals surface area contributed by atoms with E-state index in [-0.39, 0.29) is 17.3 Å². The SMILES string of the molecule is O=C(CCl)C1OC2(CCNCC2)c2ccccc21. The summed E-state index contributed by atoms with van der Waals surface area (Å²) in [5.41, 5.74) is 1.90. The van der Waals surface area contributed by atoms with Gasteiger partial charge in [-0.05, 0) is 37.1 Å². The lowest BCUT2D eigenvalue weighted by Gasteiger charge is -2.34. The molecular formula is C14H16ClNO2. The van der Waals surface area contributed by atoms with Crippen molar-refractivity contribution in [2.24, 2.45) is 0 Å². The molecular weight excluding hydrogens is 250 g/mol. The zero-order valence-electron chi connectivity index (χ0n) is 10.1. The van der Waals surface area contributed by atoms with Crippen LogP contribution >= 0.6 is 11.6 Å². The molecule has 0 aromatic heterocycles. The van der Waals surface area contributed by atoms with Gasteiger partial charge in [0.25, 0.3) is 0 Å². The Morgan fingerprint density at radius 2 is 2.11 bits per heavy atom. The molecule has 3 rings (SSSR count). The minimum atomic E-state index is -0.475. The van der Waals surface area contributed by atoms with Gasteiger partial charge in [-0.1, -0.05) is 24.3 Å². The lowest BCUT2D eigenvalue weighted by atomic mass is 9.84. The normalized spacial score (nSPS) is 25.1. The number of ether oxygens (including phenoxy) is 1. The second kappa shape index (κ2) is 4.65. The molecule has 1 aromatic rings. The average molecular weight is 266 g/mol. The van der Waals surface area contributed by atoms with Crippen LogP contribution in [0.25, 0.3) is 0 Å². The van der Waals surface area contributed by atoms with E-state index in [2.05, 4.69) is 11.4 Å². The van der Waals surface area contributed by atoms with Gasteiger partial charge >= 0.3 is 0 Å². The minimum Gasteiger partial charge on any atom is -0.354 e. The standard InChI is InChI=1S/C14H16ClNO2/c15-9-12(17)13-10-3-1-2-4-11(10)14(18-13)5-7-16-8-6-14/h1-4,13,16H,5-9H2. The Balaban J connectivity index is 2.03. The van der Waals surface area contributed by atoms with Crippen LogP contribution in [-0.2, 0) is 15.1 Å². The number of hydrogen-bond donors (Lipinski definition) is 1. The van der Waals surface area contributed by atoms with Crippen LogP contribution in [0, 0.1) is 0 Å². The Morgan fingerprint density at radius 3 is 2.83 bits per heavy atom. The van der Waals surface area contributed by atoms with E-state index in [1.807, 2.05) is 18.2 Å². The number of carbonyl (C=O) groups excluding carboxylic acids is 1. The van der Waals surface area contributed by atoms with Crippen LogP contribution in [-0.4, -0.2) is 24.8 Å². The van der Waals surface area contributed by atoms with Gasteiger partial charge in [-0.25, -0.2) is 0 Å². The Labute approximate surface area is 111 Å². The van der Waals surface area contributed by atoms with E-state index in [9.17, 15) is 4.79 Å². The van der Waals surface area contributed by atoms with Crippen molar-refractivity contribution in [3.63, 3.8) is 0 Å². The maximum Gasteiger partial charge on any atom is 0.180 e. The number of carbonyl (C=O) groups is 1. The molecule has 3 nitrogen and oxygen atoms in total. The van der Waals surface area contributed by atoms with Crippen LogP contribution in [0.1, 0.15) is 30.1 Å². The summed E-state index contributed by atoms with van der Waals surface area (Å²) in [5, 5.41) is 3.33. The van der Waals surface area contributed by atoms with Crippen molar-refractivity contribution in [3.8, 4) is 0 Å². The number of halogens is 1. The van der Waals surface area contributed by atoms with Gasteiger partial charge < -0.3 is 10.1 Å². The number of rotatable bonds is 2. The van der Waals surface area contributed by atoms with Crippen molar-refractivity contribution in [1.29, 1.82) is 0 Å². The number of ketones is 1. The molecule has 1 aromatic carbocycles. The molecule has 1 spiro atoms. The Hall–Kier alpha value is -0.900. The third-order valence-corrected chi connectivity index (χ3v) is 4.18. The summed E-state index contributed by atoms with van der Waals surface area (Å²) in [6.07, 6.45) is 1.35. The molecule has 0 amide bonds. The van der Waals surface area contributed by atoms with Crippen LogP contribution in [0.4, 0.5) is 0 Å². The summed E-state index contributed by atoms with van der Waals surface area (Å²) in [6.45, 7) is 1.85. The molecule has 1 fully saturated rings. The van der Waals surface area contributed by atoms with Gasteiger partial charge in [0.15, 0.2) is 5.78 Å². The first kappa shape index (κ1) is 12.2. The zero-order chi connectivity index (χ0) is 12.6. The van der Waals surface area contributed by atoms with Gasteiger partial charge in [0.2, 0.25) is 0 Å². The molecule has 1 unspecified atom stereocenters. The van der Waals surface area contributed by atoms with Gasteiger partial charge in [-0.3, -0.25) is 4.79 Å². The monoisotopic (exact) mass is 265 g/mol. The summed E-state index contributed by atoms with van der Waals surface area (Å²) in [5.74, 6) is -0.0348. The zero-order valence-corrected chi connectivity index (χ0v) is 10.9. The molecule has 0 radical (unpaired) electrons. The van der Waals surface area contributed by atoms with Crippen molar-refractivity contribution >= 4 is 17.4 Å². The second-order valence-electron chi connectivity index (χ2n) is 4.93. The highest BCUT2D eigenvalue weighted by Crippen LogP contribution is 2.48. The van der Waals surface area contributed by atoms with E-state index in [0.29, 0.717) is 0 Å². The highest BCUT2D eigenvalue weighted by atomic mass is 35.5. The number of alkyl halides is 1. The van der Waals surface area contributed by atoms with Gasteiger partial charge in [-0.15, -0.1) is 11.6 Å². The first-order valence-corrected chi connectivity index (χ1v) is 6.87. The third-order valence-electron chi connectivity index (χ3n) is 3.91. The van der Waals surface area contributed by atoms with Gasteiger partial charge in [0.1, 0.15) is 6.10 Å². The van der Waals surface area contributed by atoms with E-state index < -0.39 is 6.10 Å². The molecule has 1 saturated heterocycles. The molecule has 4 heteroatoms. The number of Topliss-reactive ketones (excluding diaryl/α,β-unsaturated/α-hetero) is 1. The predicted octanol–water partition coefficient (Wildman–Crippen LogP) is 2.14. The first-order chi connectivity index (χ1) is 8.77. The van der Waals surface area contributed by atoms with E-state index in [0.717, 1.165) is 31.5 Å². The summed E-state index contributed by atoms with van der Waals surface area (Å²) in [6, 6.07) is 8.04. The van der Waals surface area contributed by atoms with Gasteiger partial charge in [-0.2, -0.15) is 0 Å². The molecule has 1 atom stereocenters. The van der Waals surface area contributed by atoms with Crippen LogP contribution in [0.5, 0.6) is 0 Å². The van der Waals surface area contributed by atoms with Crippen molar-refractivity contribution in [2.45, 2.75) is 24.5 Å². The molecule has 96 valence electrons. The largest absolute Gasteiger partial charge is 0.354 e. The summed E-state index contributed by atoms with van der Waals surface area (Å²) < 4.78 is 6.14. The smallest absolute Gasteiger partial charge is 0.180 e. The maximum absolute atomic E-state index is 11.9. The number of fused-ring (bicyclic) bond motifs is 2. The van der Waals surface area contributed by atoms with Crippen LogP contribution in [0.15, 0.2) is 24.3 Å². The fourth-order valence-electron chi connectivity index (χ4n) is 3.02. The summed E-state index contributed by atoms with van der Waals surface area (Å²) in [4.78, 5) is 11.9. The van der Waals surface area contributed by atoms with E-state index >= 15 is 0 Å². The number of piperidine rings is 1. The topological polar surface area (TPSA) is 38.3 Å². The van der Waals surface area contributed by atoms with Crippen molar-refractivity contribution in [3.05, 3.63) is 35.4 Å². The lowest BCUT2D eigenvalue weighted by molar-refractivity contribution is -0.143. The van der Waals surface area contributed by atoms with Gasteiger partial charge in [0.05, 0.1) is 11.5 Å². The molecule has 0 saturated carbocycles. The Bertz CT molecular complexity index is 469. The fourth-order valence-corrected chi connectivity index (χ4v) is 3.16. The average Bonchev–Trinajstić information content (AvgIpc) is 2.74. The Kier molecular flexibility index (Phi) is 3.14. The van der Waals surface area contributed by atoms with Crippen LogP contribution in [0.3, 0.4) is 0 Å². The maximum atomic E-state index is 11.9. The second-order valence-corrected chi connectivity index (χ2v) is 5.20. The highest BCUT2D eigenvalue weighted by Gasteiger charge is 2.47. The van der Waals surface area contributed by atoms with Crippen LogP contribution < -0.4 is 5.32 Å². The molecule has 1 N–H and O–H groups in total. The molecule has 2 aliphatic rings. The van der Waals surface area contributed by atoms with E-state index in [4.69, 9.17) is 16.3 Å². The molecule has 0 aliphatic carbocycles. The van der Waals surface area contributed by atoms with Gasteiger partial charge in [0, 0.05) is 0 Å².